The third-order valence-corrected chi connectivity index (χ3v) is 10.8. The topological polar surface area (TPSA) is 47.6 Å². The van der Waals surface area contributed by atoms with E-state index >= 15 is 0 Å². The maximum Gasteiger partial charge on any atom is 0.250 e. The van der Waals surface area contributed by atoms with Crippen LogP contribution in [0.4, 0.5) is 0 Å². The van der Waals surface area contributed by atoms with Gasteiger partial charge in [-0.25, -0.2) is 0 Å². The number of carbonyl (C=O) groups excluding carboxylic acids is 1. The molecule has 3 aromatic carbocycles. The number of benzene rings is 3. The molecule has 0 atom stereocenters. The summed E-state index contributed by atoms with van der Waals surface area (Å²) in [7, 11) is -1.89. The third kappa shape index (κ3) is 6.97. The van der Waals surface area contributed by atoms with E-state index in [1.54, 1.807) is 6.92 Å². The van der Waals surface area contributed by atoms with Crippen LogP contribution in [-0.4, -0.2) is 20.8 Å². The fourth-order valence-electron chi connectivity index (χ4n) is 3.40. The Hall–Kier alpha value is -3.05. The zero-order chi connectivity index (χ0) is 24.8. The van der Waals surface area contributed by atoms with Crippen LogP contribution < -0.4 is 14.5 Å². The Morgan fingerprint density at radius 1 is 0.912 bits per heavy atom. The summed E-state index contributed by atoms with van der Waals surface area (Å²) < 4.78 is 12.5. The molecule has 0 fully saturated rings. The quantitative estimate of drug-likeness (QED) is 0.339. The number of amides is 1. The molecule has 0 aliphatic rings. The zero-order valence-electron chi connectivity index (χ0n) is 21.3. The molecule has 3 aromatic rings. The van der Waals surface area contributed by atoms with Crippen LogP contribution >= 0.6 is 0 Å². The molecule has 0 aliphatic carbocycles. The van der Waals surface area contributed by atoms with Crippen LogP contribution in [-0.2, 0) is 17.8 Å². The SMILES string of the molecule is CC(=O)NCCc1ccc(OCc2ccccc2)cc1-c1ccc(O[Si](C)(C)C(C)(C)C)cc1. The monoisotopic (exact) mass is 475 g/mol. The van der Waals surface area contributed by atoms with Crippen molar-refractivity contribution in [3.63, 3.8) is 0 Å². The van der Waals surface area contributed by atoms with Crippen LogP contribution in [0.5, 0.6) is 11.5 Å². The molecule has 1 N–H and O–H groups in total. The van der Waals surface area contributed by atoms with Crippen molar-refractivity contribution in [1.29, 1.82) is 0 Å². The van der Waals surface area contributed by atoms with E-state index in [1.807, 2.05) is 24.3 Å². The van der Waals surface area contributed by atoms with Gasteiger partial charge in [0, 0.05) is 13.5 Å². The molecule has 0 aliphatic heterocycles. The number of hydrogen-bond acceptors (Lipinski definition) is 3. The van der Waals surface area contributed by atoms with E-state index in [9.17, 15) is 4.79 Å². The van der Waals surface area contributed by atoms with Crippen molar-refractivity contribution in [2.45, 2.75) is 58.9 Å². The van der Waals surface area contributed by atoms with Gasteiger partial charge in [-0.05, 0) is 71.1 Å². The second-order valence-electron chi connectivity index (χ2n) is 10.2. The molecular formula is C29H37NO3Si. The van der Waals surface area contributed by atoms with E-state index in [0.29, 0.717) is 13.2 Å². The lowest BCUT2D eigenvalue weighted by Gasteiger charge is -2.36. The minimum Gasteiger partial charge on any atom is -0.544 e. The lowest BCUT2D eigenvalue weighted by atomic mass is 9.97. The van der Waals surface area contributed by atoms with Crippen LogP contribution in [0.3, 0.4) is 0 Å². The fourth-order valence-corrected chi connectivity index (χ4v) is 4.43. The summed E-state index contributed by atoms with van der Waals surface area (Å²) >= 11 is 0. The zero-order valence-corrected chi connectivity index (χ0v) is 22.3. The molecule has 0 bridgehead atoms. The van der Waals surface area contributed by atoms with Gasteiger partial charge >= 0.3 is 0 Å². The van der Waals surface area contributed by atoms with Gasteiger partial charge in [-0.1, -0.05) is 69.3 Å². The fraction of sp³-hybridized carbons (Fsp3) is 0.345. The minimum atomic E-state index is -1.89. The third-order valence-electron chi connectivity index (χ3n) is 6.44. The summed E-state index contributed by atoms with van der Waals surface area (Å²) in [6.07, 6.45) is 0.746. The molecule has 0 saturated carbocycles. The van der Waals surface area contributed by atoms with E-state index < -0.39 is 8.32 Å². The summed E-state index contributed by atoms with van der Waals surface area (Å²) in [4.78, 5) is 11.3. The Bertz CT molecular complexity index is 1090. The van der Waals surface area contributed by atoms with Crippen molar-refractivity contribution >= 4 is 14.2 Å². The summed E-state index contributed by atoms with van der Waals surface area (Å²) in [5.74, 6) is 1.71. The highest BCUT2D eigenvalue weighted by molar-refractivity contribution is 6.74. The molecule has 5 heteroatoms. The Morgan fingerprint density at radius 2 is 1.56 bits per heavy atom. The first-order valence-electron chi connectivity index (χ1n) is 11.9. The van der Waals surface area contributed by atoms with E-state index in [0.717, 1.165) is 34.6 Å². The second kappa shape index (κ2) is 10.9. The van der Waals surface area contributed by atoms with Crippen molar-refractivity contribution in [2.75, 3.05) is 6.54 Å². The van der Waals surface area contributed by atoms with Crippen LogP contribution in [0.2, 0.25) is 18.1 Å². The average molecular weight is 476 g/mol. The number of hydrogen-bond donors (Lipinski definition) is 1. The summed E-state index contributed by atoms with van der Waals surface area (Å²) in [6.45, 7) is 13.9. The van der Waals surface area contributed by atoms with E-state index in [1.165, 1.54) is 5.56 Å². The molecule has 0 heterocycles. The van der Waals surface area contributed by atoms with Gasteiger partial charge in [0.15, 0.2) is 0 Å². The van der Waals surface area contributed by atoms with Crippen LogP contribution in [0, 0.1) is 0 Å². The molecule has 0 unspecified atom stereocenters. The Kier molecular flexibility index (Phi) is 8.21. The first-order chi connectivity index (χ1) is 16.0. The number of carbonyl (C=O) groups is 1. The molecule has 1 amide bonds. The first-order valence-corrected chi connectivity index (χ1v) is 14.8. The van der Waals surface area contributed by atoms with Gasteiger partial charge in [0.2, 0.25) is 14.2 Å². The first kappa shape index (κ1) is 25.6. The highest BCUT2D eigenvalue weighted by Crippen LogP contribution is 2.38. The van der Waals surface area contributed by atoms with Gasteiger partial charge < -0.3 is 14.5 Å². The van der Waals surface area contributed by atoms with Gasteiger partial charge in [0.25, 0.3) is 0 Å². The Morgan fingerprint density at radius 3 is 2.18 bits per heavy atom. The highest BCUT2D eigenvalue weighted by atomic mass is 28.4. The predicted octanol–water partition coefficient (Wildman–Crippen LogP) is 7.00. The summed E-state index contributed by atoms with van der Waals surface area (Å²) in [5.41, 5.74) is 4.50. The molecule has 0 aromatic heterocycles. The average Bonchev–Trinajstić information content (AvgIpc) is 2.78. The van der Waals surface area contributed by atoms with Crippen molar-refractivity contribution < 1.29 is 14.0 Å². The van der Waals surface area contributed by atoms with Crippen LogP contribution in [0.1, 0.15) is 38.8 Å². The lowest BCUT2D eigenvalue weighted by molar-refractivity contribution is -0.118. The lowest BCUT2D eigenvalue weighted by Crippen LogP contribution is -2.43. The molecule has 34 heavy (non-hydrogen) atoms. The highest BCUT2D eigenvalue weighted by Gasteiger charge is 2.38. The maximum atomic E-state index is 11.3. The van der Waals surface area contributed by atoms with E-state index in [2.05, 4.69) is 87.7 Å². The van der Waals surface area contributed by atoms with Crippen molar-refractivity contribution in [3.05, 3.63) is 83.9 Å². The van der Waals surface area contributed by atoms with E-state index in [4.69, 9.17) is 9.16 Å². The summed E-state index contributed by atoms with van der Waals surface area (Å²) in [6, 6.07) is 24.7. The van der Waals surface area contributed by atoms with Crippen molar-refractivity contribution in [1.82, 2.24) is 5.32 Å². The Labute approximate surface area is 205 Å². The van der Waals surface area contributed by atoms with Gasteiger partial charge in [-0.2, -0.15) is 0 Å². The normalized spacial score (nSPS) is 11.7. The van der Waals surface area contributed by atoms with Gasteiger partial charge in [0.1, 0.15) is 18.1 Å². The predicted molar refractivity (Wildman–Crippen MR) is 143 cm³/mol. The number of ether oxygens (including phenoxy) is 1. The molecule has 0 spiro atoms. The van der Waals surface area contributed by atoms with Crippen LogP contribution in [0.15, 0.2) is 72.8 Å². The number of nitrogens with one attached hydrogen (secondary N) is 1. The maximum absolute atomic E-state index is 11.3. The molecule has 0 radical (unpaired) electrons. The Balaban J connectivity index is 1.84. The largest absolute Gasteiger partial charge is 0.544 e. The van der Waals surface area contributed by atoms with E-state index in [-0.39, 0.29) is 10.9 Å². The summed E-state index contributed by atoms with van der Waals surface area (Å²) in [5, 5.41) is 3.04. The second-order valence-corrected chi connectivity index (χ2v) is 14.9. The van der Waals surface area contributed by atoms with Gasteiger partial charge in [0.05, 0.1) is 0 Å². The van der Waals surface area contributed by atoms with Crippen LogP contribution in [0.25, 0.3) is 11.1 Å². The smallest absolute Gasteiger partial charge is 0.250 e. The van der Waals surface area contributed by atoms with Crippen molar-refractivity contribution in [2.24, 2.45) is 0 Å². The minimum absolute atomic E-state index is 0.0171. The molecule has 0 saturated heterocycles. The molecule has 180 valence electrons. The van der Waals surface area contributed by atoms with Gasteiger partial charge in [-0.15, -0.1) is 0 Å². The van der Waals surface area contributed by atoms with Crippen molar-refractivity contribution in [3.8, 4) is 22.6 Å². The molecule has 3 rings (SSSR count). The standard InChI is InChI=1S/C29H37NO3Si/c1-22(31)30-19-18-25-14-17-27(32-21-23-10-8-7-9-11-23)20-28(25)24-12-15-26(16-13-24)33-34(5,6)29(2,3)4/h7-17,20H,18-19,21H2,1-6H3,(H,30,31). The number of rotatable bonds is 9. The molecular weight excluding hydrogens is 438 g/mol. The van der Waals surface area contributed by atoms with Gasteiger partial charge in [-0.3, -0.25) is 4.79 Å². The molecule has 4 nitrogen and oxygen atoms in total.